The van der Waals surface area contributed by atoms with Crippen molar-refractivity contribution < 1.29 is 9.90 Å². The maximum atomic E-state index is 10.5. The minimum absolute atomic E-state index is 0.343. The standard InChI is InChI=1S/C9H8O2S/c10-8(9(11)12)6-7-4-2-1-3-5-7/h1-6,10H,(H,11,12)/b8-6-. The van der Waals surface area contributed by atoms with Gasteiger partial charge in [0, 0.05) is 0 Å². The molecule has 1 aromatic rings. The highest BCUT2D eigenvalue weighted by atomic mass is 32.1. The fraction of sp³-hybridized carbons (Fsp3) is 0. The lowest BCUT2D eigenvalue weighted by Gasteiger charge is -1.93. The van der Waals surface area contributed by atoms with Crippen molar-refractivity contribution in [2.45, 2.75) is 0 Å². The third-order valence-corrected chi connectivity index (χ3v) is 1.55. The van der Waals surface area contributed by atoms with Crippen LogP contribution < -0.4 is 0 Å². The Hall–Kier alpha value is -1.22. The Kier molecular flexibility index (Phi) is 2.94. The van der Waals surface area contributed by atoms with Crippen LogP contribution in [0.25, 0.3) is 6.08 Å². The van der Waals surface area contributed by atoms with Crippen LogP contribution in [0, 0.1) is 0 Å². The predicted octanol–water partition coefficient (Wildman–Crippen LogP) is 2.04. The number of thiol groups is 1. The molecular weight excluding hydrogens is 172 g/mol. The summed E-state index contributed by atoms with van der Waals surface area (Å²) >= 11 is 3.47. The molecule has 0 amide bonds. The van der Waals surface area contributed by atoms with Gasteiger partial charge >= 0.3 is 0 Å². The molecule has 62 valence electrons. The molecule has 0 fully saturated rings. The SMILES string of the molecule is O=C(S)/C(O)=C/c1ccccc1. The van der Waals surface area contributed by atoms with Gasteiger partial charge in [-0.05, 0) is 11.6 Å². The van der Waals surface area contributed by atoms with E-state index in [4.69, 9.17) is 5.11 Å². The van der Waals surface area contributed by atoms with E-state index in [0.29, 0.717) is 0 Å². The van der Waals surface area contributed by atoms with Crippen LogP contribution in [0.3, 0.4) is 0 Å². The second kappa shape index (κ2) is 3.97. The van der Waals surface area contributed by atoms with Gasteiger partial charge in [-0.15, -0.1) is 0 Å². The average molecular weight is 180 g/mol. The molecule has 0 aliphatic carbocycles. The number of carbonyl (C=O) groups excluding carboxylic acids is 1. The van der Waals surface area contributed by atoms with Gasteiger partial charge in [0.2, 0.25) is 0 Å². The second-order valence-corrected chi connectivity index (χ2v) is 2.65. The summed E-state index contributed by atoms with van der Waals surface area (Å²) in [4.78, 5) is 10.5. The van der Waals surface area contributed by atoms with Crippen LogP contribution in [0.1, 0.15) is 5.56 Å². The molecular formula is C9H8O2S. The maximum Gasteiger partial charge on any atom is 0.250 e. The Bertz CT molecular complexity index is 304. The fourth-order valence-electron chi connectivity index (χ4n) is 0.769. The number of aliphatic hydroxyl groups is 1. The van der Waals surface area contributed by atoms with E-state index < -0.39 is 5.12 Å². The first-order valence-corrected chi connectivity index (χ1v) is 3.84. The summed E-state index contributed by atoms with van der Waals surface area (Å²) in [7, 11) is 0. The number of carbonyl (C=O) groups is 1. The quantitative estimate of drug-likeness (QED) is 0.415. The number of benzene rings is 1. The Balaban J connectivity index is 2.89. The van der Waals surface area contributed by atoms with Crippen LogP contribution in [-0.4, -0.2) is 10.2 Å². The largest absolute Gasteiger partial charge is 0.504 e. The zero-order valence-electron chi connectivity index (χ0n) is 6.27. The smallest absolute Gasteiger partial charge is 0.250 e. The molecule has 1 aromatic carbocycles. The molecule has 0 bridgehead atoms. The van der Waals surface area contributed by atoms with E-state index in [1.54, 1.807) is 12.1 Å². The molecule has 0 heterocycles. The normalized spacial score (nSPS) is 11.2. The van der Waals surface area contributed by atoms with E-state index in [9.17, 15) is 4.79 Å². The van der Waals surface area contributed by atoms with Crippen molar-refractivity contribution in [1.29, 1.82) is 0 Å². The van der Waals surface area contributed by atoms with Gasteiger partial charge in [-0.1, -0.05) is 43.0 Å². The van der Waals surface area contributed by atoms with E-state index in [-0.39, 0.29) is 5.76 Å². The van der Waals surface area contributed by atoms with E-state index in [1.165, 1.54) is 6.08 Å². The van der Waals surface area contributed by atoms with Gasteiger partial charge in [-0.2, -0.15) is 0 Å². The van der Waals surface area contributed by atoms with E-state index in [0.717, 1.165) is 5.56 Å². The van der Waals surface area contributed by atoms with Gasteiger partial charge < -0.3 is 5.11 Å². The van der Waals surface area contributed by atoms with E-state index in [2.05, 4.69) is 12.6 Å². The molecule has 1 rings (SSSR count). The third kappa shape index (κ3) is 2.43. The molecule has 0 radical (unpaired) electrons. The van der Waals surface area contributed by atoms with Crippen LogP contribution in [-0.2, 0) is 4.79 Å². The number of aliphatic hydroxyl groups excluding tert-OH is 1. The van der Waals surface area contributed by atoms with Crippen LogP contribution in [0.4, 0.5) is 0 Å². The lowest BCUT2D eigenvalue weighted by atomic mass is 10.2. The number of hydrogen-bond donors (Lipinski definition) is 2. The first kappa shape index (κ1) is 8.87. The summed E-state index contributed by atoms with van der Waals surface area (Å²) in [6.07, 6.45) is 1.37. The van der Waals surface area contributed by atoms with E-state index in [1.807, 2.05) is 18.2 Å². The summed E-state index contributed by atoms with van der Waals surface area (Å²) in [5.41, 5.74) is 0.775. The monoisotopic (exact) mass is 180 g/mol. The topological polar surface area (TPSA) is 37.3 Å². The second-order valence-electron chi connectivity index (χ2n) is 2.25. The highest BCUT2D eigenvalue weighted by molar-refractivity contribution is 7.97. The van der Waals surface area contributed by atoms with Gasteiger partial charge in [0.1, 0.15) is 0 Å². The van der Waals surface area contributed by atoms with Crippen molar-refractivity contribution in [3.05, 3.63) is 41.7 Å². The summed E-state index contributed by atoms with van der Waals surface area (Å²) < 4.78 is 0. The van der Waals surface area contributed by atoms with Crippen molar-refractivity contribution in [3.63, 3.8) is 0 Å². The Morgan fingerprint density at radius 3 is 2.42 bits per heavy atom. The van der Waals surface area contributed by atoms with Crippen LogP contribution in [0.2, 0.25) is 0 Å². The minimum atomic E-state index is -0.626. The molecule has 0 aliphatic heterocycles. The Morgan fingerprint density at radius 2 is 1.92 bits per heavy atom. The molecule has 1 N–H and O–H groups in total. The summed E-state index contributed by atoms with van der Waals surface area (Å²) in [5.74, 6) is -0.343. The Morgan fingerprint density at radius 1 is 1.33 bits per heavy atom. The lowest BCUT2D eigenvalue weighted by Crippen LogP contribution is -1.90. The van der Waals surface area contributed by atoms with Crippen molar-refractivity contribution >= 4 is 23.8 Å². The highest BCUT2D eigenvalue weighted by Gasteiger charge is 1.99. The minimum Gasteiger partial charge on any atom is -0.504 e. The molecule has 3 heteroatoms. The molecule has 0 aliphatic rings. The van der Waals surface area contributed by atoms with Gasteiger partial charge in [-0.3, -0.25) is 4.79 Å². The molecule has 2 nitrogen and oxygen atoms in total. The van der Waals surface area contributed by atoms with Crippen molar-refractivity contribution in [1.82, 2.24) is 0 Å². The molecule has 0 aromatic heterocycles. The lowest BCUT2D eigenvalue weighted by molar-refractivity contribution is -0.109. The van der Waals surface area contributed by atoms with E-state index >= 15 is 0 Å². The van der Waals surface area contributed by atoms with Crippen molar-refractivity contribution in [2.75, 3.05) is 0 Å². The van der Waals surface area contributed by atoms with Gasteiger partial charge in [-0.25, -0.2) is 0 Å². The Labute approximate surface area is 75.9 Å². The van der Waals surface area contributed by atoms with Gasteiger partial charge in [0.25, 0.3) is 5.12 Å². The predicted molar refractivity (Wildman–Crippen MR) is 51.0 cm³/mol. The van der Waals surface area contributed by atoms with Crippen LogP contribution in [0.15, 0.2) is 36.1 Å². The van der Waals surface area contributed by atoms with Crippen molar-refractivity contribution in [2.24, 2.45) is 0 Å². The highest BCUT2D eigenvalue weighted by Crippen LogP contribution is 2.05. The summed E-state index contributed by atoms with van der Waals surface area (Å²) in [5, 5.41) is 8.39. The van der Waals surface area contributed by atoms with Crippen LogP contribution >= 0.6 is 12.6 Å². The molecule has 0 spiro atoms. The maximum absolute atomic E-state index is 10.5. The average Bonchev–Trinajstić information content (AvgIpc) is 2.06. The number of hydrogen-bond acceptors (Lipinski definition) is 2. The first-order valence-electron chi connectivity index (χ1n) is 3.39. The molecule has 0 unspecified atom stereocenters. The van der Waals surface area contributed by atoms with Gasteiger partial charge in [0.15, 0.2) is 5.76 Å². The number of rotatable bonds is 2. The molecule has 0 saturated heterocycles. The summed E-state index contributed by atoms with van der Waals surface area (Å²) in [6, 6.07) is 9.07. The fourth-order valence-corrected chi connectivity index (χ4v) is 0.833. The summed E-state index contributed by atoms with van der Waals surface area (Å²) in [6.45, 7) is 0. The first-order chi connectivity index (χ1) is 5.70. The molecule has 0 saturated carbocycles. The zero-order valence-corrected chi connectivity index (χ0v) is 7.16. The van der Waals surface area contributed by atoms with Crippen molar-refractivity contribution in [3.8, 4) is 0 Å². The molecule has 0 atom stereocenters. The zero-order chi connectivity index (χ0) is 8.97. The van der Waals surface area contributed by atoms with Gasteiger partial charge in [0.05, 0.1) is 0 Å². The molecule has 12 heavy (non-hydrogen) atoms. The van der Waals surface area contributed by atoms with Crippen LogP contribution in [0.5, 0.6) is 0 Å². The third-order valence-electron chi connectivity index (χ3n) is 1.32.